The number of pyridine rings is 1. The lowest BCUT2D eigenvalue weighted by molar-refractivity contribution is -0.139. The van der Waals surface area contributed by atoms with Crippen molar-refractivity contribution in [3.63, 3.8) is 0 Å². The molecule has 4 aromatic heterocycles. The Hall–Kier alpha value is -3.30. The predicted octanol–water partition coefficient (Wildman–Crippen LogP) is 2.74. The van der Waals surface area contributed by atoms with Crippen molar-refractivity contribution < 1.29 is 9.53 Å². The fraction of sp³-hybridized carbons (Fsp3) is 0.182. The Kier molecular flexibility index (Phi) is 4.91. The number of H-pyrrole nitrogens is 1. The van der Waals surface area contributed by atoms with Crippen LogP contribution >= 0.6 is 22.7 Å². The van der Waals surface area contributed by atoms with Crippen LogP contribution in [0.4, 0.5) is 0 Å². The normalized spacial score (nSPS) is 16.5. The fourth-order valence-electron chi connectivity index (χ4n) is 3.75. The van der Waals surface area contributed by atoms with Crippen molar-refractivity contribution in [1.29, 1.82) is 0 Å². The molecule has 0 fully saturated rings. The van der Waals surface area contributed by atoms with Crippen molar-refractivity contribution in [2.45, 2.75) is 19.9 Å². The number of allylic oxidation sites excluding steroid dienone is 1. The van der Waals surface area contributed by atoms with Crippen LogP contribution in [0.3, 0.4) is 0 Å². The summed E-state index contributed by atoms with van der Waals surface area (Å²) in [6, 6.07) is 7.10. The van der Waals surface area contributed by atoms with Crippen LogP contribution in [0, 0.1) is 0 Å². The topological polar surface area (TPSA) is 89.3 Å². The fourth-order valence-corrected chi connectivity index (χ4v) is 5.61. The van der Waals surface area contributed by atoms with E-state index in [1.165, 1.54) is 22.7 Å². The van der Waals surface area contributed by atoms with Crippen molar-refractivity contribution >= 4 is 45.8 Å². The molecule has 0 aliphatic carbocycles. The molecule has 0 aromatic carbocycles. The van der Waals surface area contributed by atoms with Gasteiger partial charge in [0, 0.05) is 28.2 Å². The van der Waals surface area contributed by atoms with Crippen LogP contribution in [0.2, 0.25) is 0 Å². The lowest BCUT2D eigenvalue weighted by Gasteiger charge is -2.23. The molecule has 1 atom stereocenters. The number of nitrogens with one attached hydrogen (secondary N) is 1. The molecule has 0 spiro atoms. The maximum absolute atomic E-state index is 13.5. The van der Waals surface area contributed by atoms with E-state index in [0.29, 0.717) is 20.6 Å². The summed E-state index contributed by atoms with van der Waals surface area (Å²) in [5.41, 5.74) is 2.43. The number of nitrogens with zero attached hydrogens (tertiary/aromatic N) is 3. The maximum Gasteiger partial charge on any atom is 0.338 e. The number of carbonyl (C=O) groups excluding carboxylic acids is 1. The van der Waals surface area contributed by atoms with E-state index >= 15 is 0 Å². The van der Waals surface area contributed by atoms with Crippen molar-refractivity contribution in [2.75, 3.05) is 6.61 Å². The first-order chi connectivity index (χ1) is 15.1. The van der Waals surface area contributed by atoms with Gasteiger partial charge in [0.1, 0.15) is 11.7 Å². The predicted molar refractivity (Wildman–Crippen MR) is 121 cm³/mol. The number of fused-ring (bicyclic) bond motifs is 2. The van der Waals surface area contributed by atoms with Gasteiger partial charge in [0.2, 0.25) is 0 Å². The Balaban J connectivity index is 1.73. The number of ether oxygens (including phenoxy) is 1. The summed E-state index contributed by atoms with van der Waals surface area (Å²) in [7, 11) is 0. The first-order valence-electron chi connectivity index (χ1n) is 9.73. The molecule has 1 aliphatic heterocycles. The van der Waals surface area contributed by atoms with Crippen molar-refractivity contribution in [3.8, 4) is 0 Å². The lowest BCUT2D eigenvalue weighted by Crippen LogP contribution is -2.39. The Bertz CT molecular complexity index is 1510. The Morgan fingerprint density at radius 3 is 3.00 bits per heavy atom. The van der Waals surface area contributed by atoms with Gasteiger partial charge in [-0.1, -0.05) is 17.4 Å². The minimum absolute atomic E-state index is 0.185. The van der Waals surface area contributed by atoms with Crippen LogP contribution in [0.25, 0.3) is 17.1 Å². The zero-order valence-electron chi connectivity index (χ0n) is 16.8. The number of hydrogen-bond acceptors (Lipinski definition) is 7. The number of esters is 1. The van der Waals surface area contributed by atoms with Gasteiger partial charge in [0.25, 0.3) is 5.56 Å². The van der Waals surface area contributed by atoms with E-state index in [1.807, 2.05) is 41.9 Å². The van der Waals surface area contributed by atoms with E-state index in [2.05, 4.69) is 15.0 Å². The summed E-state index contributed by atoms with van der Waals surface area (Å²) in [5, 5.41) is 2.87. The molecule has 1 unspecified atom stereocenters. The zero-order valence-corrected chi connectivity index (χ0v) is 18.4. The summed E-state index contributed by atoms with van der Waals surface area (Å²) in [5.74, 6) is -0.445. The zero-order chi connectivity index (χ0) is 21.5. The molecule has 4 aromatic rings. The van der Waals surface area contributed by atoms with Crippen molar-refractivity contribution in [2.24, 2.45) is 4.99 Å². The second-order valence-electron chi connectivity index (χ2n) is 6.96. The molecule has 0 saturated carbocycles. The van der Waals surface area contributed by atoms with Crippen LogP contribution in [0.5, 0.6) is 0 Å². The van der Waals surface area contributed by atoms with Crippen LogP contribution in [-0.2, 0) is 9.53 Å². The average molecular weight is 451 g/mol. The quantitative estimate of drug-likeness (QED) is 0.484. The second-order valence-corrected chi connectivity index (χ2v) is 8.95. The Labute approximate surface area is 184 Å². The first-order valence-corrected chi connectivity index (χ1v) is 11.4. The van der Waals surface area contributed by atoms with Crippen LogP contribution in [-0.4, -0.2) is 27.1 Å². The van der Waals surface area contributed by atoms with Crippen LogP contribution in [0.15, 0.2) is 63.1 Å². The third-order valence-electron chi connectivity index (χ3n) is 5.10. The highest BCUT2D eigenvalue weighted by molar-refractivity contribution is 7.10. The third kappa shape index (κ3) is 3.26. The van der Waals surface area contributed by atoms with Gasteiger partial charge < -0.3 is 9.72 Å². The van der Waals surface area contributed by atoms with Gasteiger partial charge in [-0.15, -0.1) is 11.3 Å². The number of rotatable bonds is 4. The molecular formula is C22H18N4O3S2. The number of hydrogen-bond donors (Lipinski definition) is 1. The number of aromatic amines is 1. The summed E-state index contributed by atoms with van der Waals surface area (Å²) in [6.07, 6.45) is 5.40. The Morgan fingerprint density at radius 1 is 1.35 bits per heavy atom. The number of carbonyl (C=O) groups is 1. The molecule has 5 heterocycles. The molecule has 1 N–H and O–H groups in total. The van der Waals surface area contributed by atoms with Crippen molar-refractivity contribution in [1.82, 2.24) is 14.5 Å². The van der Waals surface area contributed by atoms with Gasteiger partial charge in [-0.25, -0.2) is 14.8 Å². The molecule has 1 aliphatic rings. The van der Waals surface area contributed by atoms with Gasteiger partial charge in [0.15, 0.2) is 4.80 Å². The van der Waals surface area contributed by atoms with E-state index in [9.17, 15) is 9.59 Å². The molecule has 0 saturated heterocycles. The molecule has 9 heteroatoms. The molecule has 0 amide bonds. The minimum atomic E-state index is -0.554. The van der Waals surface area contributed by atoms with Gasteiger partial charge in [-0.3, -0.25) is 9.36 Å². The van der Waals surface area contributed by atoms with E-state index < -0.39 is 12.0 Å². The molecule has 0 bridgehead atoms. The van der Waals surface area contributed by atoms with E-state index in [-0.39, 0.29) is 12.2 Å². The molecule has 0 radical (unpaired) electrons. The average Bonchev–Trinajstić information content (AvgIpc) is 3.48. The lowest BCUT2D eigenvalue weighted by atomic mass is 10.0. The largest absolute Gasteiger partial charge is 0.463 e. The van der Waals surface area contributed by atoms with Crippen LogP contribution in [0.1, 0.15) is 30.3 Å². The van der Waals surface area contributed by atoms with Gasteiger partial charge in [0.05, 0.1) is 22.4 Å². The number of aromatic nitrogens is 3. The third-order valence-corrected chi connectivity index (χ3v) is 7.01. The van der Waals surface area contributed by atoms with E-state index in [0.717, 1.165) is 21.5 Å². The van der Waals surface area contributed by atoms with Crippen LogP contribution < -0.4 is 14.9 Å². The number of thiophene rings is 1. The summed E-state index contributed by atoms with van der Waals surface area (Å²) in [4.78, 5) is 39.8. The minimum Gasteiger partial charge on any atom is -0.463 e. The first kappa shape index (κ1) is 19.7. The molecule has 7 nitrogen and oxygen atoms in total. The molecule has 5 rings (SSSR count). The van der Waals surface area contributed by atoms with E-state index in [1.54, 1.807) is 24.6 Å². The Morgan fingerprint density at radius 2 is 2.23 bits per heavy atom. The highest BCUT2D eigenvalue weighted by Gasteiger charge is 2.33. The monoisotopic (exact) mass is 450 g/mol. The summed E-state index contributed by atoms with van der Waals surface area (Å²) < 4.78 is 7.44. The summed E-state index contributed by atoms with van der Waals surface area (Å²) in [6.45, 7) is 3.81. The highest BCUT2D eigenvalue weighted by atomic mass is 32.1. The SMILES string of the molecule is CCOC(=O)C1=C(C)N=c2s/c(=C\c3c[nH]c4ncccc34)c(=O)n2C1c1cccs1. The number of thiazole rings is 1. The second kappa shape index (κ2) is 7.75. The summed E-state index contributed by atoms with van der Waals surface area (Å²) >= 11 is 2.81. The molecular weight excluding hydrogens is 432 g/mol. The van der Waals surface area contributed by atoms with Gasteiger partial charge in [-0.05, 0) is 43.5 Å². The molecule has 31 heavy (non-hydrogen) atoms. The standard InChI is InChI=1S/C22H18N4O3S2/c1-3-29-21(28)17-12(2)25-22-26(18(17)15-7-5-9-30-15)20(27)16(31-22)10-13-11-24-19-14(13)6-4-8-23-19/h4-11,18H,3H2,1-2H3,(H,23,24)/b16-10-. The van der Waals surface area contributed by atoms with Gasteiger partial charge in [-0.2, -0.15) is 0 Å². The molecule has 156 valence electrons. The van der Waals surface area contributed by atoms with Crippen molar-refractivity contribution in [3.05, 3.63) is 83.4 Å². The van der Waals surface area contributed by atoms with E-state index in [4.69, 9.17) is 4.74 Å². The van der Waals surface area contributed by atoms with Gasteiger partial charge >= 0.3 is 5.97 Å². The smallest absolute Gasteiger partial charge is 0.338 e. The maximum atomic E-state index is 13.5. The highest BCUT2D eigenvalue weighted by Crippen LogP contribution is 2.33.